The number of benzene rings is 1. The number of rotatable bonds is 3. The molecular formula is C20H29IN3O+. The molecule has 1 heterocycles. The number of phenolic OH excluding ortho intramolecular Hbond substituents is 1. The van der Waals surface area contributed by atoms with Gasteiger partial charge in [-0.3, -0.25) is 0 Å². The van der Waals surface area contributed by atoms with Crippen molar-refractivity contribution in [2.45, 2.75) is 45.6 Å². The fraction of sp³-hybridized carbons (Fsp3) is 0.450. The summed E-state index contributed by atoms with van der Waals surface area (Å²) < 4.78 is 4.46. The predicted molar refractivity (Wildman–Crippen MR) is 115 cm³/mol. The number of nitrogens with zero attached hydrogens (tertiary/aromatic N) is 1. The van der Waals surface area contributed by atoms with Gasteiger partial charge in [0.1, 0.15) is 0 Å². The molecule has 3 rings (SSSR count). The molecule has 2 aliphatic rings. The Balaban J connectivity index is 1.80. The van der Waals surface area contributed by atoms with Crippen LogP contribution in [0.15, 0.2) is 39.0 Å². The van der Waals surface area contributed by atoms with E-state index in [0.29, 0.717) is 5.69 Å². The second-order valence-corrected chi connectivity index (χ2v) is 13.8. The van der Waals surface area contributed by atoms with E-state index in [4.69, 9.17) is 0 Å². The van der Waals surface area contributed by atoms with Gasteiger partial charge in [-0.2, -0.15) is 0 Å². The second kappa shape index (κ2) is 7.11. The average Bonchev–Trinajstić information content (AvgIpc) is 2.46. The molecule has 1 aliphatic heterocycles. The Morgan fingerprint density at radius 1 is 1.24 bits per heavy atom. The first-order valence-electron chi connectivity index (χ1n) is 8.78. The first-order valence-corrected chi connectivity index (χ1v) is 12.9. The molecule has 25 heavy (non-hydrogen) atoms. The van der Waals surface area contributed by atoms with Crippen LogP contribution in [0.2, 0.25) is 0 Å². The molecule has 136 valence electrons. The van der Waals surface area contributed by atoms with Gasteiger partial charge in [-0.15, -0.1) is 0 Å². The zero-order valence-electron chi connectivity index (χ0n) is 15.6. The van der Waals surface area contributed by atoms with Gasteiger partial charge in [-0.1, -0.05) is 0 Å². The summed E-state index contributed by atoms with van der Waals surface area (Å²) in [5.74, 6) is 0.280. The van der Waals surface area contributed by atoms with Gasteiger partial charge in [-0.05, 0) is 0 Å². The molecule has 0 spiro atoms. The standard InChI is InChI=1S/C20H28IN3O/c1-13-10-15(20(2,3)4)19(25)18(11-13)24-23-17-7-6-14(12-16(17)22)21-8-5-9-21/h6-7,10-12,16,24-25H,5,8-9,22H2,1-4H3/p+1. The van der Waals surface area contributed by atoms with Crippen molar-refractivity contribution in [1.29, 1.82) is 0 Å². The van der Waals surface area contributed by atoms with E-state index in [-0.39, 0.29) is 17.2 Å². The van der Waals surface area contributed by atoms with Gasteiger partial charge in [-0.25, -0.2) is 0 Å². The third-order valence-corrected chi connectivity index (χ3v) is 11.2. The molecule has 1 fully saturated rings. The summed E-state index contributed by atoms with van der Waals surface area (Å²) in [6.45, 7) is 8.34. The molecule has 1 aromatic rings. The molecule has 1 unspecified atom stereocenters. The van der Waals surface area contributed by atoms with E-state index >= 15 is 0 Å². The van der Waals surface area contributed by atoms with Crippen LogP contribution >= 0.6 is 19.8 Å². The van der Waals surface area contributed by atoms with Gasteiger partial charge in [0.2, 0.25) is 0 Å². The Labute approximate surface area is 157 Å². The van der Waals surface area contributed by atoms with Crippen molar-refractivity contribution in [1.82, 2.24) is 0 Å². The Hall–Kier alpha value is -1.34. The van der Waals surface area contributed by atoms with Gasteiger partial charge in [0.05, 0.1) is 0 Å². The number of aryl methyl sites for hydroxylation is 1. The van der Waals surface area contributed by atoms with Crippen LogP contribution in [0.5, 0.6) is 5.75 Å². The number of hydrogen-bond acceptors (Lipinski definition) is 3. The van der Waals surface area contributed by atoms with Crippen LogP contribution in [0.25, 0.3) is 0 Å². The Kier molecular flexibility index (Phi) is 5.25. The molecule has 1 atom stereocenters. The number of alkyl halides is 2. The Morgan fingerprint density at radius 3 is 2.52 bits per heavy atom. The van der Waals surface area contributed by atoms with Crippen molar-refractivity contribution in [2.24, 2.45) is 5.10 Å². The summed E-state index contributed by atoms with van der Waals surface area (Å²) in [7, 11) is 0. The third kappa shape index (κ3) is 4.08. The molecule has 4 nitrogen and oxygen atoms in total. The number of nitrogens with one attached hydrogen (secondary N) is 1. The summed E-state index contributed by atoms with van der Waals surface area (Å²) in [5, 5.41) is 15.2. The zero-order valence-corrected chi connectivity index (χ0v) is 17.7. The Morgan fingerprint density at radius 2 is 1.96 bits per heavy atom. The van der Waals surface area contributed by atoms with Crippen molar-refractivity contribution in [3.63, 3.8) is 0 Å². The minimum absolute atomic E-state index is 0.0828. The maximum atomic E-state index is 10.6. The van der Waals surface area contributed by atoms with E-state index in [1.165, 1.54) is 15.3 Å². The molecule has 5 heteroatoms. The molecule has 0 radical (unpaired) electrons. The van der Waals surface area contributed by atoms with Gasteiger partial charge < -0.3 is 0 Å². The monoisotopic (exact) mass is 454 g/mol. The third-order valence-electron chi connectivity index (χ3n) is 4.55. The van der Waals surface area contributed by atoms with Crippen LogP contribution < -0.4 is 11.2 Å². The summed E-state index contributed by atoms with van der Waals surface area (Å²) in [4.78, 5) is 0. The van der Waals surface area contributed by atoms with Crippen molar-refractivity contribution in [2.75, 3.05) is 14.3 Å². The molecule has 0 saturated carbocycles. The molecule has 5 N–H and O–H groups in total. The zero-order chi connectivity index (χ0) is 18.2. The van der Waals surface area contributed by atoms with Crippen molar-refractivity contribution in [3.05, 3.63) is 45.1 Å². The fourth-order valence-electron chi connectivity index (χ4n) is 2.97. The number of allylic oxidation sites excluding steroid dienone is 2. The fourth-order valence-corrected chi connectivity index (χ4v) is 7.37. The number of aromatic hydroxyl groups is 1. The van der Waals surface area contributed by atoms with Crippen LogP contribution in [0.1, 0.15) is 38.3 Å². The number of halogens is 1. The SMILES string of the molecule is Cc1cc(NN=C2C=CC(I3CCC3)=CC2[NH3+])c(O)c(C(C)(C)C)c1. The molecule has 1 saturated heterocycles. The van der Waals surface area contributed by atoms with Crippen LogP contribution in [0.3, 0.4) is 0 Å². The van der Waals surface area contributed by atoms with Crippen molar-refractivity contribution >= 4 is 31.2 Å². The number of quaternary nitrogens is 1. The molecule has 0 aromatic heterocycles. The molecular weight excluding hydrogens is 425 g/mol. The van der Waals surface area contributed by atoms with Gasteiger partial charge in [0.15, 0.2) is 0 Å². The van der Waals surface area contributed by atoms with E-state index in [1.807, 2.05) is 19.1 Å². The molecule has 1 aromatic carbocycles. The number of phenols is 1. The summed E-state index contributed by atoms with van der Waals surface area (Å²) >= 11 is -0.824. The van der Waals surface area contributed by atoms with E-state index in [9.17, 15) is 5.11 Å². The van der Waals surface area contributed by atoms with Gasteiger partial charge in [0.25, 0.3) is 0 Å². The minimum atomic E-state index is -0.824. The first-order chi connectivity index (χ1) is 11.8. The summed E-state index contributed by atoms with van der Waals surface area (Å²) in [6.07, 6.45) is 8.03. The van der Waals surface area contributed by atoms with Crippen molar-refractivity contribution in [3.8, 4) is 5.75 Å². The predicted octanol–water partition coefficient (Wildman–Crippen LogP) is 3.74. The number of anilines is 1. The average molecular weight is 454 g/mol. The van der Waals surface area contributed by atoms with E-state index < -0.39 is 19.8 Å². The first kappa shape index (κ1) is 18.5. The summed E-state index contributed by atoms with van der Waals surface area (Å²) in [6, 6.07) is 4.05. The van der Waals surface area contributed by atoms with E-state index in [2.05, 4.69) is 55.3 Å². The topological polar surface area (TPSA) is 72.3 Å². The second-order valence-electron chi connectivity index (χ2n) is 7.79. The maximum absolute atomic E-state index is 10.6. The van der Waals surface area contributed by atoms with E-state index in [1.54, 1.807) is 3.58 Å². The van der Waals surface area contributed by atoms with Gasteiger partial charge in [0, 0.05) is 0 Å². The molecule has 0 amide bonds. The number of hydrogen-bond donors (Lipinski definition) is 3. The number of hydrazone groups is 1. The molecule has 1 aliphatic carbocycles. The van der Waals surface area contributed by atoms with Crippen LogP contribution in [0, 0.1) is 6.92 Å². The van der Waals surface area contributed by atoms with Crippen LogP contribution in [0.4, 0.5) is 5.69 Å². The summed E-state index contributed by atoms with van der Waals surface area (Å²) in [5.41, 5.74) is 10.8. The van der Waals surface area contributed by atoms with Crippen molar-refractivity contribution < 1.29 is 10.8 Å². The van der Waals surface area contributed by atoms with Crippen LogP contribution in [-0.2, 0) is 5.41 Å². The molecule has 0 bridgehead atoms. The Bertz CT molecular complexity index is 755. The van der Waals surface area contributed by atoms with E-state index in [0.717, 1.165) is 16.8 Å². The van der Waals surface area contributed by atoms with Crippen LogP contribution in [-0.4, -0.2) is 25.7 Å². The quantitative estimate of drug-likeness (QED) is 0.282. The normalized spacial score (nSPS) is 23.4. The van der Waals surface area contributed by atoms with Gasteiger partial charge >= 0.3 is 158 Å².